The van der Waals surface area contributed by atoms with Gasteiger partial charge in [0.25, 0.3) is 5.91 Å². The summed E-state index contributed by atoms with van der Waals surface area (Å²) in [5, 5.41) is 17.6. The van der Waals surface area contributed by atoms with Gasteiger partial charge in [0.05, 0.1) is 27.3 Å². The van der Waals surface area contributed by atoms with E-state index in [0.29, 0.717) is 4.80 Å². The Hall–Kier alpha value is -3.31. The van der Waals surface area contributed by atoms with Gasteiger partial charge in [-0.15, -0.1) is 0 Å². The molecule has 0 spiro atoms. The van der Waals surface area contributed by atoms with Crippen molar-refractivity contribution < 1.29 is 13.2 Å². The Kier molecular flexibility index (Phi) is 7.21. The molecule has 164 valence electrons. The van der Waals surface area contributed by atoms with E-state index in [0.717, 1.165) is 20.1 Å². The van der Waals surface area contributed by atoms with Crippen molar-refractivity contribution >= 4 is 37.5 Å². The number of benzene rings is 2. The zero-order valence-corrected chi connectivity index (χ0v) is 19.3. The summed E-state index contributed by atoms with van der Waals surface area (Å²) in [6.07, 6.45) is 0.0392. The fourth-order valence-corrected chi connectivity index (χ4v) is 5.81. The fourth-order valence-electron chi connectivity index (χ4n) is 3.28. The molecule has 3 rings (SSSR count). The molecule has 10 heteroatoms. The molecule has 0 radical (unpaired) electrons. The second-order valence-corrected chi connectivity index (χ2v) is 9.97. The van der Waals surface area contributed by atoms with Gasteiger partial charge in [-0.3, -0.25) is 4.79 Å². The normalized spacial score (nSPS) is 12.1. The number of aromatic nitrogens is 1. The van der Waals surface area contributed by atoms with Crippen LogP contribution in [0.3, 0.4) is 0 Å². The summed E-state index contributed by atoms with van der Waals surface area (Å²) in [6, 6.07) is 15.3. The molecule has 8 nitrogen and oxygen atoms in total. The molecule has 0 saturated heterocycles. The van der Waals surface area contributed by atoms with Gasteiger partial charge in [-0.1, -0.05) is 23.5 Å². The van der Waals surface area contributed by atoms with Crippen molar-refractivity contribution in [3.8, 4) is 12.1 Å². The van der Waals surface area contributed by atoms with E-state index in [9.17, 15) is 13.2 Å². The van der Waals surface area contributed by atoms with Crippen molar-refractivity contribution in [2.75, 3.05) is 13.1 Å². The van der Waals surface area contributed by atoms with Crippen molar-refractivity contribution in [1.82, 2.24) is 8.87 Å². The lowest BCUT2D eigenvalue weighted by Gasteiger charge is -2.20. The zero-order chi connectivity index (χ0) is 23.3. The number of amides is 1. The number of carbonyl (C=O) groups is 1. The third-order valence-corrected chi connectivity index (χ3v) is 7.92. The van der Waals surface area contributed by atoms with Gasteiger partial charge in [0, 0.05) is 38.5 Å². The highest BCUT2D eigenvalue weighted by Crippen LogP contribution is 2.20. The second-order valence-electron chi connectivity index (χ2n) is 7.03. The average molecular weight is 468 g/mol. The maximum atomic E-state index is 12.9. The first-order valence-electron chi connectivity index (χ1n) is 9.78. The zero-order valence-electron chi connectivity index (χ0n) is 17.6. The van der Waals surface area contributed by atoms with Crippen LogP contribution in [0.5, 0.6) is 0 Å². The van der Waals surface area contributed by atoms with Crippen LogP contribution in [0, 0.1) is 29.6 Å². The van der Waals surface area contributed by atoms with Gasteiger partial charge >= 0.3 is 0 Å². The lowest BCUT2D eigenvalue weighted by atomic mass is 10.2. The van der Waals surface area contributed by atoms with Crippen LogP contribution >= 0.6 is 11.3 Å². The van der Waals surface area contributed by atoms with Crippen LogP contribution in [0.15, 0.2) is 52.4 Å². The number of hydrogen-bond donors (Lipinski definition) is 0. The number of carbonyl (C=O) groups excluding carboxylic acids is 1. The van der Waals surface area contributed by atoms with Gasteiger partial charge < -0.3 is 4.57 Å². The highest BCUT2D eigenvalue weighted by molar-refractivity contribution is 7.89. The number of rotatable bonds is 7. The van der Waals surface area contributed by atoms with Crippen molar-refractivity contribution in [1.29, 1.82) is 10.5 Å². The van der Waals surface area contributed by atoms with Crippen LogP contribution in [-0.2, 0) is 17.1 Å². The molecule has 0 aliphatic heterocycles. The van der Waals surface area contributed by atoms with E-state index in [2.05, 4.69) is 4.99 Å². The number of aryl methyl sites for hydroxylation is 2. The SMILES string of the molecule is Cc1cccc2sc(=NC(=O)c3ccc(S(=O)(=O)N(CCC#N)CCC#N)cc3)n(C)c12. The lowest BCUT2D eigenvalue weighted by Crippen LogP contribution is -2.32. The first-order chi connectivity index (χ1) is 15.3. The first-order valence-corrected chi connectivity index (χ1v) is 12.0. The minimum absolute atomic E-state index is 0.00160. The van der Waals surface area contributed by atoms with E-state index >= 15 is 0 Å². The Morgan fingerprint density at radius 1 is 1.09 bits per heavy atom. The van der Waals surface area contributed by atoms with E-state index in [1.165, 1.54) is 35.6 Å². The number of sulfonamides is 1. The topological polar surface area (TPSA) is 119 Å². The van der Waals surface area contributed by atoms with E-state index in [1.807, 2.05) is 48.9 Å². The Balaban J connectivity index is 1.90. The van der Waals surface area contributed by atoms with Crippen molar-refractivity contribution in [3.05, 3.63) is 58.4 Å². The van der Waals surface area contributed by atoms with Crippen LogP contribution in [0.4, 0.5) is 0 Å². The Bertz CT molecular complexity index is 1390. The van der Waals surface area contributed by atoms with Gasteiger partial charge in [-0.2, -0.15) is 19.8 Å². The molecule has 0 bridgehead atoms. The lowest BCUT2D eigenvalue weighted by molar-refractivity contribution is 0.0998. The largest absolute Gasteiger partial charge is 0.319 e. The molecule has 32 heavy (non-hydrogen) atoms. The van der Waals surface area contributed by atoms with Gasteiger partial charge in [-0.25, -0.2) is 8.42 Å². The van der Waals surface area contributed by atoms with Crippen molar-refractivity contribution in [2.24, 2.45) is 12.0 Å². The monoisotopic (exact) mass is 467 g/mol. The van der Waals surface area contributed by atoms with E-state index in [-0.39, 0.29) is 36.4 Å². The number of nitriles is 2. The predicted octanol–water partition coefficient (Wildman–Crippen LogP) is 3.11. The molecule has 1 amide bonds. The van der Waals surface area contributed by atoms with E-state index in [4.69, 9.17) is 10.5 Å². The summed E-state index contributed by atoms with van der Waals surface area (Å²) in [7, 11) is -2.04. The predicted molar refractivity (Wildman–Crippen MR) is 121 cm³/mol. The smallest absolute Gasteiger partial charge is 0.279 e. The number of nitrogens with zero attached hydrogens (tertiary/aromatic N) is 5. The van der Waals surface area contributed by atoms with Crippen molar-refractivity contribution in [3.63, 3.8) is 0 Å². The summed E-state index contributed by atoms with van der Waals surface area (Å²) in [4.78, 5) is 17.5. The molecule has 0 unspecified atom stereocenters. The summed E-state index contributed by atoms with van der Waals surface area (Å²) in [5.41, 5.74) is 2.36. The molecule has 0 saturated carbocycles. The fraction of sp³-hybridized carbons (Fsp3) is 0.273. The second kappa shape index (κ2) is 9.88. The van der Waals surface area contributed by atoms with Crippen molar-refractivity contribution in [2.45, 2.75) is 24.7 Å². The minimum atomic E-state index is -3.89. The summed E-state index contributed by atoms with van der Waals surface area (Å²) < 4.78 is 29.8. The molecule has 0 aliphatic rings. The molecule has 3 aromatic rings. The number of fused-ring (bicyclic) bond motifs is 1. The summed E-state index contributed by atoms with van der Waals surface area (Å²) >= 11 is 1.41. The van der Waals surface area contributed by atoms with Crippen LogP contribution in [-0.4, -0.2) is 36.3 Å². The van der Waals surface area contributed by atoms with Crippen LogP contribution in [0.25, 0.3) is 10.2 Å². The average Bonchev–Trinajstić information content (AvgIpc) is 3.10. The molecule has 0 fully saturated rings. The molecule has 2 aromatic carbocycles. The van der Waals surface area contributed by atoms with Gasteiger partial charge in [-0.05, 0) is 42.8 Å². The third-order valence-electron chi connectivity index (χ3n) is 4.91. The highest BCUT2D eigenvalue weighted by Gasteiger charge is 2.24. The number of thiazole rings is 1. The molecule has 0 aliphatic carbocycles. The maximum absolute atomic E-state index is 12.9. The highest BCUT2D eigenvalue weighted by atomic mass is 32.2. The number of hydrogen-bond acceptors (Lipinski definition) is 6. The Morgan fingerprint density at radius 3 is 2.28 bits per heavy atom. The Morgan fingerprint density at radius 2 is 1.72 bits per heavy atom. The van der Waals surface area contributed by atoms with Gasteiger partial charge in [0.1, 0.15) is 0 Å². The van der Waals surface area contributed by atoms with Crippen LogP contribution in [0.1, 0.15) is 28.8 Å². The van der Waals surface area contributed by atoms with Gasteiger partial charge in [0.15, 0.2) is 4.80 Å². The molecule has 1 aromatic heterocycles. The van der Waals surface area contributed by atoms with Crippen LogP contribution < -0.4 is 4.80 Å². The molecule has 1 heterocycles. The minimum Gasteiger partial charge on any atom is -0.319 e. The standard InChI is InChI=1S/C22H21N5O3S2/c1-16-6-3-7-19-20(16)26(2)22(31-19)25-21(28)17-8-10-18(11-9-17)32(29,30)27(14-4-12-23)15-5-13-24/h3,6-11H,4-5,14-15H2,1-2H3. The maximum Gasteiger partial charge on any atom is 0.279 e. The Labute approximate surface area is 190 Å². The molecular formula is C22H21N5O3S2. The quantitative estimate of drug-likeness (QED) is 0.529. The molecule has 0 N–H and O–H groups in total. The molecular weight excluding hydrogens is 446 g/mol. The third kappa shape index (κ3) is 4.78. The molecule has 0 atom stereocenters. The summed E-state index contributed by atoms with van der Waals surface area (Å²) in [5.74, 6) is -0.473. The first kappa shape index (κ1) is 23.4. The van der Waals surface area contributed by atoms with E-state index < -0.39 is 15.9 Å². The number of para-hydroxylation sites is 1. The summed E-state index contributed by atoms with van der Waals surface area (Å²) in [6.45, 7) is 1.99. The van der Waals surface area contributed by atoms with Crippen LogP contribution in [0.2, 0.25) is 0 Å². The van der Waals surface area contributed by atoms with E-state index in [1.54, 1.807) is 0 Å². The van der Waals surface area contributed by atoms with Gasteiger partial charge in [0.2, 0.25) is 10.0 Å².